The molecule has 0 fully saturated rings. The maximum atomic E-state index is 6.71. The third-order valence-electron chi connectivity index (χ3n) is 12.8. The van der Waals surface area contributed by atoms with E-state index < -0.39 is 0 Å². The van der Waals surface area contributed by atoms with Gasteiger partial charge in [-0.15, -0.1) is 0 Å². The minimum absolute atomic E-state index is 0.106. The Hall–Kier alpha value is -6.14. The van der Waals surface area contributed by atoms with E-state index in [2.05, 4.69) is 167 Å². The molecule has 3 aromatic carbocycles. The van der Waals surface area contributed by atoms with Gasteiger partial charge in [-0.1, -0.05) is 177 Å². The summed E-state index contributed by atoms with van der Waals surface area (Å²) in [5.41, 5.74) is 11.4. The van der Waals surface area contributed by atoms with Gasteiger partial charge in [0.2, 0.25) is 0 Å². The van der Waals surface area contributed by atoms with E-state index in [1.165, 1.54) is 124 Å². The van der Waals surface area contributed by atoms with Crippen molar-refractivity contribution in [1.82, 2.24) is 19.9 Å². The molecule has 7 aromatic rings. The van der Waals surface area contributed by atoms with Gasteiger partial charge in [-0.3, -0.25) is 0 Å². The molecule has 0 unspecified atom stereocenters. The molecule has 7 rings (SSSR count). The Labute approximate surface area is 395 Å². The van der Waals surface area contributed by atoms with Crippen LogP contribution in [0, 0.1) is 0 Å². The molecule has 4 heterocycles. The van der Waals surface area contributed by atoms with E-state index in [1.54, 1.807) is 0 Å². The molecule has 0 radical (unpaired) electrons. The van der Waals surface area contributed by atoms with Gasteiger partial charge in [0.15, 0.2) is 0 Å². The van der Waals surface area contributed by atoms with Gasteiger partial charge in [0.1, 0.15) is 11.5 Å². The van der Waals surface area contributed by atoms with E-state index in [0.29, 0.717) is 13.2 Å². The number of hydrogen-bond acceptors (Lipinski definition) is 2. The fraction of sp³-hybridized carbons (Fsp3) is 0.367. The number of ether oxygens (including phenoxy) is 2. The van der Waals surface area contributed by atoms with Crippen molar-refractivity contribution in [1.29, 1.82) is 0 Å². The molecule has 346 valence electrons. The van der Waals surface area contributed by atoms with Crippen LogP contribution in [-0.2, 0) is 0 Å². The third kappa shape index (κ3) is 14.4. The van der Waals surface area contributed by atoms with Gasteiger partial charge in [-0.2, -0.15) is 0 Å². The van der Waals surface area contributed by atoms with E-state index in [0.717, 1.165) is 46.6 Å². The molecule has 0 spiro atoms. The van der Waals surface area contributed by atoms with Crippen LogP contribution < -0.4 is 9.47 Å². The van der Waals surface area contributed by atoms with E-state index in [9.17, 15) is 0 Å². The maximum Gasteiger partial charge on any atom is 0.127 e. The summed E-state index contributed by atoms with van der Waals surface area (Å²) in [6.07, 6.45) is 37.0. The smallest absolute Gasteiger partial charge is 0.127 e. The molecule has 0 atom stereocenters. The molecule has 0 saturated heterocycles. The first kappa shape index (κ1) is 47.8. The molecule has 4 N–H and O–H groups in total. The number of unbranched alkanes of at least 4 members (excludes halogenated alkanes) is 14. The van der Waals surface area contributed by atoms with Crippen LogP contribution in [0.25, 0.3) is 24.3 Å². The summed E-state index contributed by atoms with van der Waals surface area (Å²) in [6, 6.07) is 39.1. The van der Waals surface area contributed by atoms with Crippen LogP contribution in [0.5, 0.6) is 11.5 Å². The molecular weight excluding hydrogens is 809 g/mol. The molecule has 0 aliphatic carbocycles. The molecule has 4 aromatic heterocycles. The first-order valence-electron chi connectivity index (χ1n) is 25.2. The quantitative estimate of drug-likeness (QED) is 0.0268. The second-order valence-electron chi connectivity index (χ2n) is 17.9. The van der Waals surface area contributed by atoms with Gasteiger partial charge in [0.05, 0.1) is 25.0 Å². The van der Waals surface area contributed by atoms with Crippen LogP contribution in [0.4, 0.5) is 0 Å². The van der Waals surface area contributed by atoms with E-state index in [1.807, 2.05) is 24.8 Å². The normalized spacial score (nSPS) is 11.8. The van der Waals surface area contributed by atoms with Crippen LogP contribution >= 0.6 is 0 Å². The van der Waals surface area contributed by atoms with Crippen molar-refractivity contribution in [3.05, 3.63) is 190 Å². The highest BCUT2D eigenvalue weighted by Crippen LogP contribution is 2.35. The zero-order valence-electron chi connectivity index (χ0n) is 39.7. The SMILES string of the molecule is CCCCCCCCCCOc1cc(/C=C/c2ccc(C(c3ccc[nH]3)c3ccc[nH]3)cc2)c(OCCCCCCCCCC)cc1/C=C/c1ccc(C(c2ccc[nH]2)c2ccc[nH]2)cc1. The van der Waals surface area contributed by atoms with Crippen LogP contribution in [0.15, 0.2) is 134 Å². The summed E-state index contributed by atoms with van der Waals surface area (Å²) in [6.45, 7) is 5.94. The standard InChI is InChI=1S/C60H74N4O2/c1-3-5-7-9-11-13-15-17-43-65-57-45-52(38-32-48-29-35-50(36-30-48)60(55-25-21-41-63-55)56-26-22-42-64-56)58(66-44-18-16-14-12-10-8-6-4-2)46-51(57)37-31-47-27-33-49(34-28-47)59(53-23-19-39-61-53)54-24-20-40-62-54/h19-42,45-46,59-64H,3-18,43-44H2,1-2H3/b37-31+,38-32+. The van der Waals surface area contributed by atoms with Crippen LogP contribution in [0.2, 0.25) is 0 Å². The van der Waals surface area contributed by atoms with Gasteiger partial charge >= 0.3 is 0 Å². The largest absolute Gasteiger partial charge is 0.493 e. The number of hydrogen-bond donors (Lipinski definition) is 4. The Bertz CT molecular complexity index is 2150. The average molecular weight is 883 g/mol. The summed E-state index contributed by atoms with van der Waals surface area (Å²) in [7, 11) is 0. The number of nitrogens with one attached hydrogen (secondary N) is 4. The topological polar surface area (TPSA) is 81.6 Å². The fourth-order valence-electron chi connectivity index (χ4n) is 9.06. The highest BCUT2D eigenvalue weighted by atomic mass is 16.5. The molecule has 6 nitrogen and oxygen atoms in total. The van der Waals surface area contributed by atoms with Gasteiger partial charge in [-0.25, -0.2) is 0 Å². The van der Waals surface area contributed by atoms with Gasteiger partial charge in [0.25, 0.3) is 0 Å². The monoisotopic (exact) mass is 883 g/mol. The summed E-state index contributed by atoms with van der Waals surface area (Å²) in [4.78, 5) is 13.8. The number of aromatic amines is 4. The lowest BCUT2D eigenvalue weighted by Gasteiger charge is -2.16. The number of rotatable bonds is 30. The zero-order chi connectivity index (χ0) is 45.4. The van der Waals surface area contributed by atoms with Crippen molar-refractivity contribution in [2.24, 2.45) is 0 Å². The molecule has 0 saturated carbocycles. The van der Waals surface area contributed by atoms with Crippen molar-refractivity contribution >= 4 is 24.3 Å². The number of aromatic nitrogens is 4. The Morgan fingerprint density at radius 2 is 0.697 bits per heavy atom. The summed E-state index contributed by atoms with van der Waals surface area (Å²) in [5, 5.41) is 0. The summed E-state index contributed by atoms with van der Waals surface area (Å²) in [5.74, 6) is 1.99. The number of benzene rings is 3. The van der Waals surface area contributed by atoms with E-state index in [-0.39, 0.29) is 11.8 Å². The molecule has 0 aliphatic heterocycles. The van der Waals surface area contributed by atoms with Gasteiger partial charge in [-0.05, 0) is 95.8 Å². The van der Waals surface area contributed by atoms with E-state index >= 15 is 0 Å². The minimum atomic E-state index is 0.106. The van der Waals surface area contributed by atoms with Crippen LogP contribution in [0.3, 0.4) is 0 Å². The lowest BCUT2D eigenvalue weighted by Crippen LogP contribution is -2.04. The van der Waals surface area contributed by atoms with Crippen molar-refractivity contribution in [3.8, 4) is 11.5 Å². The van der Waals surface area contributed by atoms with Crippen LogP contribution in [-0.4, -0.2) is 33.1 Å². The first-order chi connectivity index (χ1) is 32.7. The Balaban J connectivity index is 1.13. The minimum Gasteiger partial charge on any atom is -0.493 e. The van der Waals surface area contributed by atoms with Crippen molar-refractivity contribution in [3.63, 3.8) is 0 Å². The Morgan fingerprint density at radius 1 is 0.379 bits per heavy atom. The predicted octanol–water partition coefficient (Wildman–Crippen LogP) is 16.7. The fourth-order valence-corrected chi connectivity index (χ4v) is 9.06. The Morgan fingerprint density at radius 3 is 1.00 bits per heavy atom. The molecule has 0 aliphatic rings. The second-order valence-corrected chi connectivity index (χ2v) is 17.9. The lowest BCUT2D eigenvalue weighted by atomic mass is 9.92. The predicted molar refractivity (Wildman–Crippen MR) is 278 cm³/mol. The lowest BCUT2D eigenvalue weighted by molar-refractivity contribution is 0.295. The highest BCUT2D eigenvalue weighted by Gasteiger charge is 2.20. The highest BCUT2D eigenvalue weighted by molar-refractivity contribution is 5.79. The molecule has 66 heavy (non-hydrogen) atoms. The summed E-state index contributed by atoms with van der Waals surface area (Å²) >= 11 is 0. The Kier molecular flexibility index (Phi) is 19.4. The molecule has 6 heteroatoms. The maximum absolute atomic E-state index is 6.71. The van der Waals surface area contributed by atoms with Crippen molar-refractivity contribution in [2.45, 2.75) is 128 Å². The van der Waals surface area contributed by atoms with E-state index in [4.69, 9.17) is 9.47 Å². The molecular formula is C60H74N4O2. The van der Waals surface area contributed by atoms with Crippen molar-refractivity contribution in [2.75, 3.05) is 13.2 Å². The zero-order valence-corrected chi connectivity index (χ0v) is 39.7. The first-order valence-corrected chi connectivity index (χ1v) is 25.2. The van der Waals surface area contributed by atoms with Crippen molar-refractivity contribution < 1.29 is 9.47 Å². The number of H-pyrrole nitrogens is 4. The average Bonchev–Trinajstić information content (AvgIpc) is 4.22. The molecule has 0 amide bonds. The van der Waals surface area contributed by atoms with Gasteiger partial charge in [0, 0.05) is 58.7 Å². The third-order valence-corrected chi connectivity index (χ3v) is 12.8. The molecule has 0 bridgehead atoms. The summed E-state index contributed by atoms with van der Waals surface area (Å²) < 4.78 is 13.4. The van der Waals surface area contributed by atoms with Gasteiger partial charge < -0.3 is 29.4 Å². The second kappa shape index (κ2) is 26.7. The van der Waals surface area contributed by atoms with Crippen LogP contribution in [0.1, 0.15) is 185 Å².